The van der Waals surface area contributed by atoms with Gasteiger partial charge in [-0.1, -0.05) is 25.1 Å². The van der Waals surface area contributed by atoms with Gasteiger partial charge < -0.3 is 24.4 Å². The Bertz CT molecular complexity index is 1210. The standard InChI is InChI=1S/C28H31N3O5/c1-5-14-31-25(19-15-22(34-2)26(36-4)23(16-19)35-3)24(20-8-6-7-9-21(20)28(31)33)27(32)30-17-18-10-12-29-13-11-18/h6-13,15-16,24-25H,5,14,17H2,1-4H3,(H,30,32)/t24-,25+/m0/s1. The summed E-state index contributed by atoms with van der Waals surface area (Å²) in [6.45, 7) is 2.85. The van der Waals surface area contributed by atoms with Crippen molar-refractivity contribution >= 4 is 11.8 Å². The van der Waals surface area contributed by atoms with Crippen LogP contribution in [0.2, 0.25) is 0 Å². The van der Waals surface area contributed by atoms with Crippen molar-refractivity contribution in [3.63, 3.8) is 0 Å². The summed E-state index contributed by atoms with van der Waals surface area (Å²) in [7, 11) is 4.63. The molecule has 3 aromatic rings. The van der Waals surface area contributed by atoms with Crippen molar-refractivity contribution in [1.29, 1.82) is 0 Å². The molecule has 2 heterocycles. The van der Waals surface area contributed by atoms with Gasteiger partial charge in [0, 0.05) is 31.0 Å². The lowest BCUT2D eigenvalue weighted by Gasteiger charge is -2.42. The van der Waals surface area contributed by atoms with E-state index in [9.17, 15) is 9.59 Å². The third-order valence-corrected chi connectivity index (χ3v) is 6.43. The summed E-state index contributed by atoms with van der Waals surface area (Å²) in [5.41, 5.74) is 2.90. The maximum atomic E-state index is 13.9. The summed E-state index contributed by atoms with van der Waals surface area (Å²) in [6.07, 6.45) is 4.12. The average Bonchev–Trinajstić information content (AvgIpc) is 2.92. The van der Waals surface area contributed by atoms with Crippen LogP contribution in [0.4, 0.5) is 0 Å². The number of hydrogen-bond donors (Lipinski definition) is 1. The smallest absolute Gasteiger partial charge is 0.254 e. The van der Waals surface area contributed by atoms with E-state index in [1.807, 2.05) is 49.4 Å². The third kappa shape index (κ3) is 4.71. The van der Waals surface area contributed by atoms with Crippen molar-refractivity contribution in [2.45, 2.75) is 31.8 Å². The van der Waals surface area contributed by atoms with E-state index in [0.29, 0.717) is 41.5 Å². The Morgan fingerprint density at radius 3 is 2.28 bits per heavy atom. The van der Waals surface area contributed by atoms with Crippen LogP contribution in [0.25, 0.3) is 0 Å². The van der Waals surface area contributed by atoms with E-state index in [0.717, 1.165) is 17.5 Å². The molecule has 188 valence electrons. The van der Waals surface area contributed by atoms with E-state index in [-0.39, 0.29) is 11.8 Å². The van der Waals surface area contributed by atoms with Crippen molar-refractivity contribution in [2.75, 3.05) is 27.9 Å². The number of hydrogen-bond acceptors (Lipinski definition) is 6. The molecule has 2 atom stereocenters. The minimum absolute atomic E-state index is 0.107. The Balaban J connectivity index is 1.85. The lowest BCUT2D eigenvalue weighted by molar-refractivity contribution is -0.124. The van der Waals surface area contributed by atoms with Gasteiger partial charge in [-0.05, 0) is 53.4 Å². The second-order valence-electron chi connectivity index (χ2n) is 8.54. The van der Waals surface area contributed by atoms with Gasteiger partial charge in [0.15, 0.2) is 11.5 Å². The van der Waals surface area contributed by atoms with Gasteiger partial charge in [-0.2, -0.15) is 0 Å². The van der Waals surface area contributed by atoms with E-state index in [4.69, 9.17) is 14.2 Å². The second kappa shape index (κ2) is 11.1. The highest BCUT2D eigenvalue weighted by molar-refractivity contribution is 6.01. The van der Waals surface area contributed by atoms with Gasteiger partial charge in [-0.15, -0.1) is 0 Å². The molecule has 0 saturated heterocycles. The van der Waals surface area contributed by atoms with E-state index in [1.54, 1.807) is 44.7 Å². The van der Waals surface area contributed by atoms with Crippen molar-refractivity contribution in [2.24, 2.45) is 0 Å². The molecule has 0 aliphatic carbocycles. The lowest BCUT2D eigenvalue weighted by Crippen LogP contribution is -2.47. The Hall–Kier alpha value is -4.07. The van der Waals surface area contributed by atoms with Crippen molar-refractivity contribution in [3.8, 4) is 17.2 Å². The number of carbonyl (C=O) groups is 2. The SMILES string of the molecule is CCCN1C(=O)c2ccccc2[C@H](C(=O)NCc2ccncc2)[C@H]1c1cc(OC)c(OC)c(OC)c1. The molecule has 8 heteroatoms. The second-order valence-corrected chi connectivity index (χ2v) is 8.54. The molecule has 0 saturated carbocycles. The predicted octanol–water partition coefficient (Wildman–Crippen LogP) is 4.11. The molecule has 2 amide bonds. The quantitative estimate of drug-likeness (QED) is 0.487. The third-order valence-electron chi connectivity index (χ3n) is 6.43. The van der Waals surface area contributed by atoms with Gasteiger partial charge in [0.05, 0.1) is 33.3 Å². The lowest BCUT2D eigenvalue weighted by atomic mass is 9.79. The van der Waals surface area contributed by atoms with Crippen LogP contribution in [0.15, 0.2) is 60.9 Å². The summed E-state index contributed by atoms with van der Waals surface area (Å²) in [5.74, 6) is 0.453. The topological polar surface area (TPSA) is 90.0 Å². The Labute approximate surface area is 211 Å². The molecule has 4 rings (SSSR count). The highest BCUT2D eigenvalue weighted by Gasteiger charge is 2.44. The van der Waals surface area contributed by atoms with E-state index in [2.05, 4.69) is 10.3 Å². The van der Waals surface area contributed by atoms with Crippen LogP contribution in [0.5, 0.6) is 17.2 Å². The number of fused-ring (bicyclic) bond motifs is 1. The Morgan fingerprint density at radius 2 is 1.67 bits per heavy atom. The number of pyridine rings is 1. The van der Waals surface area contributed by atoms with Crippen LogP contribution in [0, 0.1) is 0 Å². The molecule has 2 aromatic carbocycles. The van der Waals surface area contributed by atoms with E-state index < -0.39 is 12.0 Å². The Morgan fingerprint density at radius 1 is 1.00 bits per heavy atom. The molecule has 0 fully saturated rings. The van der Waals surface area contributed by atoms with Crippen molar-refractivity contribution < 1.29 is 23.8 Å². The molecule has 0 bridgehead atoms. The van der Waals surface area contributed by atoms with Crippen LogP contribution in [0.3, 0.4) is 0 Å². The predicted molar refractivity (Wildman–Crippen MR) is 135 cm³/mol. The van der Waals surface area contributed by atoms with Crippen LogP contribution in [0.1, 0.15) is 52.4 Å². The normalized spacial score (nSPS) is 16.8. The first-order valence-corrected chi connectivity index (χ1v) is 11.9. The molecule has 36 heavy (non-hydrogen) atoms. The zero-order valence-corrected chi connectivity index (χ0v) is 21.0. The van der Waals surface area contributed by atoms with Gasteiger partial charge >= 0.3 is 0 Å². The van der Waals surface area contributed by atoms with Crippen LogP contribution < -0.4 is 19.5 Å². The van der Waals surface area contributed by atoms with E-state index in [1.165, 1.54) is 0 Å². The number of carbonyl (C=O) groups excluding carboxylic acids is 2. The highest BCUT2D eigenvalue weighted by Crippen LogP contribution is 2.47. The summed E-state index contributed by atoms with van der Waals surface area (Å²) in [4.78, 5) is 33.3. The molecular weight excluding hydrogens is 458 g/mol. The zero-order chi connectivity index (χ0) is 25.7. The highest BCUT2D eigenvalue weighted by atomic mass is 16.5. The van der Waals surface area contributed by atoms with Gasteiger partial charge in [-0.25, -0.2) is 0 Å². The summed E-state index contributed by atoms with van der Waals surface area (Å²) in [5, 5.41) is 3.07. The van der Waals surface area contributed by atoms with Crippen LogP contribution in [-0.4, -0.2) is 49.6 Å². The summed E-state index contributed by atoms with van der Waals surface area (Å²) >= 11 is 0. The number of aromatic nitrogens is 1. The van der Waals surface area contributed by atoms with Crippen molar-refractivity contribution in [1.82, 2.24) is 15.2 Å². The molecule has 0 spiro atoms. The molecule has 1 aliphatic rings. The summed E-state index contributed by atoms with van der Waals surface area (Å²) < 4.78 is 16.7. The average molecular weight is 490 g/mol. The monoisotopic (exact) mass is 489 g/mol. The zero-order valence-electron chi connectivity index (χ0n) is 21.0. The fourth-order valence-corrected chi connectivity index (χ4v) is 4.80. The summed E-state index contributed by atoms with van der Waals surface area (Å²) in [6, 6.07) is 14.1. The molecule has 8 nitrogen and oxygen atoms in total. The van der Waals surface area contributed by atoms with E-state index >= 15 is 0 Å². The van der Waals surface area contributed by atoms with Gasteiger partial charge in [0.25, 0.3) is 5.91 Å². The molecular formula is C28H31N3O5. The number of nitrogens with one attached hydrogen (secondary N) is 1. The number of rotatable bonds is 9. The maximum Gasteiger partial charge on any atom is 0.254 e. The van der Waals surface area contributed by atoms with Crippen molar-refractivity contribution in [3.05, 3.63) is 83.2 Å². The van der Waals surface area contributed by atoms with Crippen LogP contribution in [-0.2, 0) is 11.3 Å². The van der Waals surface area contributed by atoms with Gasteiger partial charge in [0.2, 0.25) is 11.7 Å². The molecule has 0 radical (unpaired) electrons. The number of amides is 2. The molecule has 1 aliphatic heterocycles. The molecule has 1 aromatic heterocycles. The van der Waals surface area contributed by atoms with Crippen LogP contribution >= 0.6 is 0 Å². The first-order valence-electron chi connectivity index (χ1n) is 11.9. The fourth-order valence-electron chi connectivity index (χ4n) is 4.80. The molecule has 1 N–H and O–H groups in total. The molecule has 0 unspecified atom stereocenters. The minimum Gasteiger partial charge on any atom is -0.493 e. The van der Waals surface area contributed by atoms with Gasteiger partial charge in [-0.3, -0.25) is 14.6 Å². The first kappa shape index (κ1) is 25.0. The number of methoxy groups -OCH3 is 3. The fraction of sp³-hybridized carbons (Fsp3) is 0.321. The Kier molecular flexibility index (Phi) is 7.73. The largest absolute Gasteiger partial charge is 0.493 e. The number of ether oxygens (including phenoxy) is 3. The maximum absolute atomic E-state index is 13.9. The minimum atomic E-state index is -0.643. The van der Waals surface area contributed by atoms with Gasteiger partial charge in [0.1, 0.15) is 0 Å². The number of nitrogens with zero attached hydrogens (tertiary/aromatic N) is 2. The first-order chi connectivity index (χ1) is 17.5. The number of benzene rings is 2.